The van der Waals surface area contributed by atoms with E-state index < -0.39 is 0 Å². The molecule has 0 heterocycles. The van der Waals surface area contributed by atoms with Crippen molar-refractivity contribution in [3.63, 3.8) is 0 Å². The minimum Gasteiger partial charge on any atom is -0.508 e. The number of nitrogens with two attached hydrogens (primary N) is 1. The number of phenols is 1. The van der Waals surface area contributed by atoms with Crippen LogP contribution >= 0.6 is 0 Å². The van der Waals surface area contributed by atoms with Crippen molar-refractivity contribution >= 4 is 0 Å². The van der Waals surface area contributed by atoms with Crippen molar-refractivity contribution in [3.8, 4) is 5.75 Å². The Kier molecular flexibility index (Phi) is 2.73. The molecule has 0 aliphatic rings. The number of aryl methyl sites for hydroxylation is 2. The van der Waals surface area contributed by atoms with Gasteiger partial charge in [0.2, 0.25) is 0 Å². The van der Waals surface area contributed by atoms with Gasteiger partial charge < -0.3 is 10.8 Å². The predicted molar refractivity (Wildman–Crippen MR) is 54.7 cm³/mol. The highest BCUT2D eigenvalue weighted by Gasteiger charge is 2.09. The SMILES string of the molecule is C=C[C@@H](N)c1c(C)cc(O)cc1C. The first-order valence-electron chi connectivity index (χ1n) is 4.24. The summed E-state index contributed by atoms with van der Waals surface area (Å²) in [6.07, 6.45) is 1.70. The van der Waals surface area contributed by atoms with Gasteiger partial charge in [0, 0.05) is 6.04 Å². The average molecular weight is 177 g/mol. The standard InChI is InChI=1S/C11H15NO/c1-4-10(12)11-7(2)5-9(13)6-8(11)3/h4-6,10,13H,1,12H2,2-3H3/t10-/m1/s1. The third kappa shape index (κ3) is 1.90. The molecule has 0 radical (unpaired) electrons. The van der Waals surface area contributed by atoms with Crippen LogP contribution in [-0.2, 0) is 0 Å². The number of phenolic OH excluding ortho intramolecular Hbond substituents is 1. The molecule has 1 atom stereocenters. The molecule has 0 saturated carbocycles. The summed E-state index contributed by atoms with van der Waals surface area (Å²) in [7, 11) is 0. The van der Waals surface area contributed by atoms with E-state index in [1.54, 1.807) is 18.2 Å². The molecule has 1 rings (SSSR count). The van der Waals surface area contributed by atoms with Gasteiger partial charge in [-0.1, -0.05) is 6.08 Å². The van der Waals surface area contributed by atoms with Crippen LogP contribution in [0.25, 0.3) is 0 Å². The van der Waals surface area contributed by atoms with Crippen LogP contribution in [0.15, 0.2) is 24.8 Å². The summed E-state index contributed by atoms with van der Waals surface area (Å²) in [5.41, 5.74) is 8.90. The second-order valence-electron chi connectivity index (χ2n) is 3.25. The van der Waals surface area contributed by atoms with Crippen molar-refractivity contribution < 1.29 is 5.11 Å². The molecule has 0 bridgehead atoms. The van der Waals surface area contributed by atoms with Crippen molar-refractivity contribution in [1.82, 2.24) is 0 Å². The molecule has 70 valence electrons. The van der Waals surface area contributed by atoms with Gasteiger partial charge in [-0.25, -0.2) is 0 Å². The van der Waals surface area contributed by atoms with Crippen LogP contribution in [0.4, 0.5) is 0 Å². The van der Waals surface area contributed by atoms with Crippen LogP contribution in [0, 0.1) is 13.8 Å². The highest BCUT2D eigenvalue weighted by atomic mass is 16.3. The summed E-state index contributed by atoms with van der Waals surface area (Å²) < 4.78 is 0. The number of hydrogen-bond donors (Lipinski definition) is 2. The molecule has 2 heteroatoms. The minimum absolute atomic E-state index is 0.152. The van der Waals surface area contributed by atoms with Gasteiger partial charge in [0.25, 0.3) is 0 Å². The van der Waals surface area contributed by atoms with Gasteiger partial charge in [0.05, 0.1) is 0 Å². The zero-order valence-electron chi connectivity index (χ0n) is 8.04. The van der Waals surface area contributed by atoms with E-state index in [0.717, 1.165) is 16.7 Å². The van der Waals surface area contributed by atoms with E-state index in [1.807, 2.05) is 13.8 Å². The molecular weight excluding hydrogens is 162 g/mol. The third-order valence-corrected chi connectivity index (χ3v) is 2.17. The third-order valence-electron chi connectivity index (χ3n) is 2.17. The lowest BCUT2D eigenvalue weighted by Gasteiger charge is -2.14. The maximum absolute atomic E-state index is 9.31. The first-order valence-corrected chi connectivity index (χ1v) is 4.24. The van der Waals surface area contributed by atoms with Gasteiger partial charge in [0.1, 0.15) is 5.75 Å². The van der Waals surface area contributed by atoms with Gasteiger partial charge >= 0.3 is 0 Å². The molecule has 0 aliphatic heterocycles. The molecule has 0 amide bonds. The number of benzene rings is 1. The minimum atomic E-state index is -0.152. The molecule has 3 N–H and O–H groups in total. The Labute approximate surface area is 78.7 Å². The topological polar surface area (TPSA) is 46.2 Å². The lowest BCUT2D eigenvalue weighted by atomic mass is 9.96. The van der Waals surface area contributed by atoms with Crippen molar-refractivity contribution in [2.45, 2.75) is 19.9 Å². The molecule has 0 saturated heterocycles. The number of aromatic hydroxyl groups is 1. The number of rotatable bonds is 2. The summed E-state index contributed by atoms with van der Waals surface area (Å²) in [5, 5.41) is 9.31. The van der Waals surface area contributed by atoms with Crippen molar-refractivity contribution in [2.24, 2.45) is 5.73 Å². The fourth-order valence-corrected chi connectivity index (χ4v) is 1.60. The Morgan fingerprint density at radius 2 is 1.85 bits per heavy atom. The van der Waals surface area contributed by atoms with Gasteiger partial charge in [-0.15, -0.1) is 6.58 Å². The second-order valence-corrected chi connectivity index (χ2v) is 3.25. The van der Waals surface area contributed by atoms with Gasteiger partial charge in [-0.05, 0) is 42.7 Å². The zero-order chi connectivity index (χ0) is 10.0. The summed E-state index contributed by atoms with van der Waals surface area (Å²) >= 11 is 0. The fourth-order valence-electron chi connectivity index (χ4n) is 1.60. The maximum Gasteiger partial charge on any atom is 0.116 e. The highest BCUT2D eigenvalue weighted by Crippen LogP contribution is 2.25. The van der Waals surface area contributed by atoms with Crippen LogP contribution in [0.5, 0.6) is 5.75 Å². The Balaban J connectivity index is 3.28. The van der Waals surface area contributed by atoms with E-state index in [0.29, 0.717) is 0 Å². The van der Waals surface area contributed by atoms with Crippen molar-refractivity contribution in [3.05, 3.63) is 41.5 Å². The summed E-state index contributed by atoms with van der Waals surface area (Å²) in [6, 6.07) is 3.28. The fraction of sp³-hybridized carbons (Fsp3) is 0.273. The molecule has 0 spiro atoms. The smallest absolute Gasteiger partial charge is 0.116 e. The first kappa shape index (κ1) is 9.81. The van der Waals surface area contributed by atoms with E-state index in [4.69, 9.17) is 5.73 Å². The van der Waals surface area contributed by atoms with Crippen LogP contribution in [0.1, 0.15) is 22.7 Å². The Morgan fingerprint density at radius 3 is 2.23 bits per heavy atom. The zero-order valence-corrected chi connectivity index (χ0v) is 8.04. The van der Waals surface area contributed by atoms with Crippen molar-refractivity contribution in [1.29, 1.82) is 0 Å². The van der Waals surface area contributed by atoms with Crippen LogP contribution in [-0.4, -0.2) is 5.11 Å². The van der Waals surface area contributed by atoms with Gasteiger partial charge in [0.15, 0.2) is 0 Å². The predicted octanol–water partition coefficient (Wildman–Crippen LogP) is 2.19. The highest BCUT2D eigenvalue weighted by molar-refractivity contribution is 5.43. The van der Waals surface area contributed by atoms with Crippen LogP contribution in [0.2, 0.25) is 0 Å². The molecule has 13 heavy (non-hydrogen) atoms. The summed E-state index contributed by atoms with van der Waals surface area (Å²) in [6.45, 7) is 7.53. The largest absolute Gasteiger partial charge is 0.508 e. The number of hydrogen-bond acceptors (Lipinski definition) is 2. The van der Waals surface area contributed by atoms with Crippen LogP contribution < -0.4 is 5.73 Å². The molecule has 1 aromatic rings. The van der Waals surface area contributed by atoms with E-state index in [2.05, 4.69) is 6.58 Å². The molecule has 0 unspecified atom stereocenters. The van der Waals surface area contributed by atoms with Crippen molar-refractivity contribution in [2.75, 3.05) is 0 Å². The Bertz CT molecular complexity index is 308. The molecule has 2 nitrogen and oxygen atoms in total. The summed E-state index contributed by atoms with van der Waals surface area (Å²) in [5.74, 6) is 0.287. The molecule has 0 aromatic heterocycles. The second kappa shape index (κ2) is 3.62. The molecule has 0 fully saturated rings. The van der Waals surface area contributed by atoms with Gasteiger partial charge in [-0.3, -0.25) is 0 Å². The van der Waals surface area contributed by atoms with Gasteiger partial charge in [-0.2, -0.15) is 0 Å². The van der Waals surface area contributed by atoms with E-state index in [1.165, 1.54) is 0 Å². The maximum atomic E-state index is 9.31. The first-order chi connectivity index (χ1) is 6.06. The van der Waals surface area contributed by atoms with E-state index in [9.17, 15) is 5.11 Å². The van der Waals surface area contributed by atoms with E-state index >= 15 is 0 Å². The van der Waals surface area contributed by atoms with Crippen LogP contribution in [0.3, 0.4) is 0 Å². The normalized spacial score (nSPS) is 12.5. The average Bonchev–Trinajstić information content (AvgIpc) is 2.02. The summed E-state index contributed by atoms with van der Waals surface area (Å²) in [4.78, 5) is 0. The lowest BCUT2D eigenvalue weighted by molar-refractivity contribution is 0.474. The molecule has 0 aliphatic carbocycles. The Hall–Kier alpha value is -1.28. The van der Waals surface area contributed by atoms with E-state index in [-0.39, 0.29) is 11.8 Å². The quantitative estimate of drug-likeness (QED) is 0.680. The lowest BCUT2D eigenvalue weighted by Crippen LogP contribution is -2.10. The molecular formula is C11H15NO. The molecule has 1 aromatic carbocycles. The monoisotopic (exact) mass is 177 g/mol. The Morgan fingerprint density at radius 1 is 1.38 bits per heavy atom.